The number of carbonyl (C=O) groups is 1. The topological polar surface area (TPSA) is 92.9 Å². The molecule has 0 spiro atoms. The van der Waals surface area contributed by atoms with E-state index in [-0.39, 0.29) is 49.3 Å². The van der Waals surface area contributed by atoms with Gasteiger partial charge in [0.05, 0.1) is 16.9 Å². The molecule has 1 aromatic carbocycles. The highest BCUT2D eigenvalue weighted by molar-refractivity contribution is 5.71. The maximum Gasteiger partial charge on any atom is 0.309 e. The van der Waals surface area contributed by atoms with Crippen molar-refractivity contribution in [1.29, 1.82) is 0 Å². The predicted molar refractivity (Wildman–Crippen MR) is 94.7 cm³/mol. The Morgan fingerprint density at radius 2 is 1.96 bits per heavy atom. The molecular weight excluding hydrogens is 343 g/mol. The fourth-order valence-corrected chi connectivity index (χ4v) is 3.04. The molecule has 1 fully saturated rings. The zero-order valence-electron chi connectivity index (χ0n) is 15.5. The molecule has 0 saturated carbocycles. The Bertz CT molecular complexity index is 706. The van der Waals surface area contributed by atoms with Gasteiger partial charge in [-0.3, -0.25) is 14.9 Å². The normalized spacial score (nSPS) is 17.1. The number of ether oxygens (including phenoxy) is 1. The molecule has 1 aliphatic heterocycles. The van der Waals surface area contributed by atoms with Crippen molar-refractivity contribution in [3.05, 3.63) is 33.6 Å². The molecule has 0 unspecified atom stereocenters. The molecule has 0 aliphatic carbocycles. The molecule has 1 aliphatic rings. The number of halogens is 1. The Morgan fingerprint density at radius 1 is 1.38 bits per heavy atom. The number of piperidine rings is 1. The third-order valence-electron chi connectivity index (χ3n) is 4.38. The quantitative estimate of drug-likeness (QED) is 0.499. The van der Waals surface area contributed by atoms with Gasteiger partial charge in [-0.1, -0.05) is 0 Å². The van der Waals surface area contributed by atoms with Gasteiger partial charge in [-0.15, -0.1) is 0 Å². The molecule has 2 rings (SSSR count). The van der Waals surface area contributed by atoms with Crippen LogP contribution in [0.15, 0.2) is 12.1 Å². The number of rotatable bonds is 4. The molecule has 0 amide bonds. The largest absolute Gasteiger partial charge is 0.460 e. The first-order valence-electron chi connectivity index (χ1n) is 8.54. The van der Waals surface area contributed by atoms with Gasteiger partial charge in [-0.2, -0.15) is 0 Å². The van der Waals surface area contributed by atoms with Gasteiger partial charge in [0.2, 0.25) is 0 Å². The third kappa shape index (κ3) is 4.91. The zero-order valence-corrected chi connectivity index (χ0v) is 15.5. The summed E-state index contributed by atoms with van der Waals surface area (Å²) in [5.74, 6) is -0.999. The molecule has 8 heteroatoms. The van der Waals surface area contributed by atoms with Crippen LogP contribution in [0, 0.1) is 22.9 Å². The molecule has 7 nitrogen and oxygen atoms in total. The monoisotopic (exact) mass is 368 g/mol. The van der Waals surface area contributed by atoms with Crippen LogP contribution in [-0.4, -0.2) is 40.3 Å². The summed E-state index contributed by atoms with van der Waals surface area (Å²) in [4.78, 5) is 24.4. The molecule has 1 saturated heterocycles. The van der Waals surface area contributed by atoms with Gasteiger partial charge in [0.25, 0.3) is 5.69 Å². The molecule has 0 radical (unpaired) electrons. The summed E-state index contributed by atoms with van der Waals surface area (Å²) in [7, 11) is 0. The van der Waals surface area contributed by atoms with Crippen molar-refractivity contribution in [2.24, 2.45) is 0 Å². The maximum atomic E-state index is 13.9. The van der Waals surface area contributed by atoms with Crippen LogP contribution in [0.2, 0.25) is 0 Å². The number of benzene rings is 1. The second kappa shape index (κ2) is 7.19. The molecule has 0 aromatic heterocycles. The van der Waals surface area contributed by atoms with Gasteiger partial charge in [0.15, 0.2) is 0 Å². The number of hydrogen-bond acceptors (Lipinski definition) is 6. The van der Waals surface area contributed by atoms with Gasteiger partial charge in [-0.25, -0.2) is 4.39 Å². The molecule has 26 heavy (non-hydrogen) atoms. The van der Waals surface area contributed by atoms with Crippen LogP contribution < -0.4 is 4.90 Å². The van der Waals surface area contributed by atoms with Crippen LogP contribution in [0.1, 0.15) is 45.6 Å². The Labute approximate surface area is 151 Å². The van der Waals surface area contributed by atoms with E-state index in [0.29, 0.717) is 0 Å². The van der Waals surface area contributed by atoms with Gasteiger partial charge in [-0.05, 0) is 46.1 Å². The number of nitrogens with zero attached hydrogens (tertiary/aromatic N) is 2. The molecular formula is C18H25FN2O5. The maximum absolute atomic E-state index is 13.9. The lowest BCUT2D eigenvalue weighted by Crippen LogP contribution is -2.46. The Kier molecular flexibility index (Phi) is 5.55. The minimum absolute atomic E-state index is 0.136. The second-order valence-electron chi connectivity index (χ2n) is 7.82. The molecule has 1 N–H and O–H groups in total. The van der Waals surface area contributed by atoms with Crippen molar-refractivity contribution >= 4 is 17.3 Å². The molecule has 1 heterocycles. The van der Waals surface area contributed by atoms with Crippen LogP contribution in [0.25, 0.3) is 0 Å². The summed E-state index contributed by atoms with van der Waals surface area (Å²) < 4.78 is 19.1. The van der Waals surface area contributed by atoms with E-state index in [1.54, 1.807) is 25.7 Å². The Hall–Kier alpha value is -2.22. The van der Waals surface area contributed by atoms with E-state index < -0.39 is 27.9 Å². The summed E-state index contributed by atoms with van der Waals surface area (Å²) in [5, 5.41) is 21.9. The lowest BCUT2D eigenvalue weighted by molar-refractivity contribution is -0.384. The number of esters is 1. The third-order valence-corrected chi connectivity index (χ3v) is 4.38. The van der Waals surface area contributed by atoms with Crippen molar-refractivity contribution in [3.8, 4) is 0 Å². The minimum Gasteiger partial charge on any atom is -0.460 e. The first-order valence-corrected chi connectivity index (χ1v) is 8.54. The van der Waals surface area contributed by atoms with E-state index in [1.165, 1.54) is 13.0 Å². The number of nitro groups is 1. The highest BCUT2D eigenvalue weighted by Gasteiger charge is 2.37. The fourth-order valence-electron chi connectivity index (χ4n) is 3.04. The first kappa shape index (κ1) is 20.1. The predicted octanol–water partition coefficient (Wildman–Crippen LogP) is 3.11. The van der Waals surface area contributed by atoms with Crippen molar-refractivity contribution in [2.45, 2.75) is 58.2 Å². The van der Waals surface area contributed by atoms with Gasteiger partial charge >= 0.3 is 5.97 Å². The summed E-state index contributed by atoms with van der Waals surface area (Å²) in [5.41, 5.74) is -1.62. The van der Waals surface area contributed by atoms with E-state index in [4.69, 9.17) is 4.74 Å². The van der Waals surface area contributed by atoms with E-state index >= 15 is 0 Å². The number of nitro benzene ring substituents is 1. The zero-order chi connectivity index (χ0) is 19.7. The van der Waals surface area contributed by atoms with Crippen LogP contribution in [0.3, 0.4) is 0 Å². The van der Waals surface area contributed by atoms with E-state index in [1.807, 2.05) is 0 Å². The van der Waals surface area contributed by atoms with E-state index in [2.05, 4.69) is 0 Å². The average molecular weight is 368 g/mol. The molecule has 0 atom stereocenters. The van der Waals surface area contributed by atoms with Crippen molar-refractivity contribution in [3.63, 3.8) is 0 Å². The summed E-state index contributed by atoms with van der Waals surface area (Å²) in [6.07, 6.45) is 0.334. The number of carbonyl (C=O) groups excluding carboxylic acids is 1. The fraction of sp³-hybridized carbons (Fsp3) is 0.611. The number of aryl methyl sites for hydroxylation is 1. The molecule has 0 bridgehead atoms. The SMILES string of the molecule is Cc1cc([N+](=O)[O-])c(N2CCC(O)(CC(=O)OC(C)(C)C)CC2)cc1F. The smallest absolute Gasteiger partial charge is 0.309 e. The highest BCUT2D eigenvalue weighted by Crippen LogP contribution is 2.35. The summed E-state index contributed by atoms with van der Waals surface area (Å²) >= 11 is 0. The Morgan fingerprint density at radius 3 is 2.46 bits per heavy atom. The van der Waals surface area contributed by atoms with E-state index in [9.17, 15) is 24.4 Å². The second-order valence-corrected chi connectivity index (χ2v) is 7.82. The molecule has 1 aromatic rings. The van der Waals surface area contributed by atoms with Gasteiger partial charge < -0.3 is 14.7 Å². The van der Waals surface area contributed by atoms with Gasteiger partial charge in [0.1, 0.15) is 17.1 Å². The van der Waals surface area contributed by atoms with Crippen molar-refractivity contribution in [1.82, 2.24) is 0 Å². The van der Waals surface area contributed by atoms with Crippen LogP contribution in [0.4, 0.5) is 15.8 Å². The van der Waals surface area contributed by atoms with Crippen LogP contribution in [0.5, 0.6) is 0 Å². The Balaban J connectivity index is 2.10. The summed E-state index contributed by atoms with van der Waals surface area (Å²) in [6, 6.07) is 2.37. The van der Waals surface area contributed by atoms with Crippen LogP contribution in [-0.2, 0) is 9.53 Å². The molecule has 144 valence electrons. The average Bonchev–Trinajstić information content (AvgIpc) is 2.47. The minimum atomic E-state index is -1.23. The van der Waals surface area contributed by atoms with E-state index in [0.717, 1.165) is 6.07 Å². The first-order chi connectivity index (χ1) is 11.9. The highest BCUT2D eigenvalue weighted by atomic mass is 19.1. The van der Waals surface area contributed by atoms with Crippen LogP contribution >= 0.6 is 0 Å². The standard InChI is InChI=1S/C18H25FN2O5/c1-12-9-15(21(24)25)14(10-13(12)19)20-7-5-18(23,6-8-20)11-16(22)26-17(2,3)4/h9-10,23H,5-8,11H2,1-4H3. The lowest BCUT2D eigenvalue weighted by atomic mass is 9.88. The van der Waals surface area contributed by atoms with Gasteiger partial charge in [0, 0.05) is 25.2 Å². The van der Waals surface area contributed by atoms with Crippen molar-refractivity contribution < 1.29 is 24.0 Å². The number of anilines is 1. The lowest BCUT2D eigenvalue weighted by Gasteiger charge is -2.39. The summed E-state index contributed by atoms with van der Waals surface area (Å²) in [6.45, 7) is 7.29. The van der Waals surface area contributed by atoms with Crippen molar-refractivity contribution in [2.75, 3.05) is 18.0 Å². The number of hydrogen-bond donors (Lipinski definition) is 1. The number of aliphatic hydroxyl groups is 1.